The second-order valence-corrected chi connectivity index (χ2v) is 4.26. The molecule has 0 bridgehead atoms. The van der Waals surface area contributed by atoms with Gasteiger partial charge in [0, 0.05) is 25.1 Å². The molecule has 0 aliphatic heterocycles. The third-order valence-electron chi connectivity index (χ3n) is 2.93. The molecule has 1 N–H and O–H groups in total. The molecule has 0 heterocycles. The van der Waals surface area contributed by atoms with Gasteiger partial charge in [0.15, 0.2) is 0 Å². The lowest BCUT2D eigenvalue weighted by Gasteiger charge is -2.18. The van der Waals surface area contributed by atoms with E-state index in [0.29, 0.717) is 12.0 Å². The monoisotopic (exact) mass is 219 g/mol. The molecule has 1 aliphatic carbocycles. The second kappa shape index (κ2) is 7.49. The van der Waals surface area contributed by atoms with Crippen LogP contribution in [0.2, 0.25) is 0 Å². The van der Waals surface area contributed by atoms with E-state index in [9.17, 15) is 0 Å². The summed E-state index contributed by atoms with van der Waals surface area (Å²) in [5.41, 5.74) is 0. The molecular weight excluding hydrogens is 198 g/mol. The zero-order valence-corrected chi connectivity index (χ0v) is 9.85. The highest BCUT2D eigenvalue weighted by Gasteiger charge is 2.25. The first-order valence-electron chi connectivity index (χ1n) is 5.75. The summed E-state index contributed by atoms with van der Waals surface area (Å²) < 4.78 is 5.29. The van der Waals surface area contributed by atoms with Crippen molar-refractivity contribution in [2.75, 3.05) is 25.6 Å². The van der Waals surface area contributed by atoms with Gasteiger partial charge in [0.05, 0.1) is 0 Å². The maximum atomic E-state index is 5.90. The molecule has 2 atom stereocenters. The van der Waals surface area contributed by atoms with Gasteiger partial charge in [-0.2, -0.15) is 0 Å². The Balaban J connectivity index is 2.00. The molecule has 0 aromatic heterocycles. The lowest BCUT2D eigenvalue weighted by atomic mass is 10.1. The minimum Gasteiger partial charge on any atom is -0.382 e. The first-order valence-corrected chi connectivity index (χ1v) is 6.29. The van der Waals surface area contributed by atoms with Crippen LogP contribution in [0.1, 0.15) is 32.6 Å². The van der Waals surface area contributed by atoms with Crippen molar-refractivity contribution in [3.05, 3.63) is 0 Å². The van der Waals surface area contributed by atoms with Crippen LogP contribution >= 0.6 is 11.6 Å². The molecule has 2 nitrogen and oxygen atoms in total. The van der Waals surface area contributed by atoms with E-state index in [1.54, 1.807) is 0 Å². The fraction of sp³-hybridized carbons (Fsp3) is 1.00. The van der Waals surface area contributed by atoms with Crippen molar-refractivity contribution >= 4 is 11.6 Å². The van der Waals surface area contributed by atoms with Crippen molar-refractivity contribution in [1.82, 2.24) is 5.32 Å². The third-order valence-corrected chi connectivity index (χ3v) is 3.33. The molecule has 1 saturated carbocycles. The predicted octanol–water partition coefficient (Wildman–Crippen LogP) is 2.41. The standard InChI is InChI=1S/C11H22ClNO/c1-2-14-8-4-7-13-11-6-3-5-10(11)9-12/h10-11,13H,2-9H2,1H3. The van der Waals surface area contributed by atoms with Gasteiger partial charge in [-0.05, 0) is 38.6 Å². The van der Waals surface area contributed by atoms with E-state index in [1.807, 2.05) is 6.92 Å². The molecule has 0 radical (unpaired) electrons. The average molecular weight is 220 g/mol. The van der Waals surface area contributed by atoms with Crippen molar-refractivity contribution in [3.63, 3.8) is 0 Å². The number of hydrogen-bond donors (Lipinski definition) is 1. The van der Waals surface area contributed by atoms with Crippen LogP contribution in [-0.2, 0) is 4.74 Å². The average Bonchev–Trinajstić information content (AvgIpc) is 2.65. The summed E-state index contributed by atoms with van der Waals surface area (Å²) in [4.78, 5) is 0. The quantitative estimate of drug-likeness (QED) is 0.525. The number of nitrogens with one attached hydrogen (secondary N) is 1. The topological polar surface area (TPSA) is 21.3 Å². The van der Waals surface area contributed by atoms with Crippen LogP contribution in [0.15, 0.2) is 0 Å². The highest BCUT2D eigenvalue weighted by Crippen LogP contribution is 2.26. The normalized spacial score (nSPS) is 27.0. The Bertz CT molecular complexity index is 143. The van der Waals surface area contributed by atoms with Gasteiger partial charge < -0.3 is 10.1 Å². The van der Waals surface area contributed by atoms with Crippen LogP contribution in [0.5, 0.6) is 0 Å². The number of hydrogen-bond acceptors (Lipinski definition) is 2. The van der Waals surface area contributed by atoms with Gasteiger partial charge in [-0.15, -0.1) is 11.6 Å². The molecule has 0 saturated heterocycles. The number of halogens is 1. The van der Waals surface area contributed by atoms with Gasteiger partial charge in [0.1, 0.15) is 0 Å². The molecule has 1 aliphatic rings. The van der Waals surface area contributed by atoms with Crippen molar-refractivity contribution in [2.45, 2.75) is 38.6 Å². The second-order valence-electron chi connectivity index (χ2n) is 3.96. The zero-order chi connectivity index (χ0) is 10.2. The van der Waals surface area contributed by atoms with E-state index in [4.69, 9.17) is 16.3 Å². The van der Waals surface area contributed by atoms with Crippen LogP contribution in [0.3, 0.4) is 0 Å². The maximum Gasteiger partial charge on any atom is 0.0477 e. The van der Waals surface area contributed by atoms with E-state index in [1.165, 1.54) is 19.3 Å². The van der Waals surface area contributed by atoms with E-state index in [-0.39, 0.29) is 0 Å². The van der Waals surface area contributed by atoms with Crippen LogP contribution in [-0.4, -0.2) is 31.7 Å². The molecule has 2 unspecified atom stereocenters. The number of rotatable bonds is 7. The third kappa shape index (κ3) is 4.16. The van der Waals surface area contributed by atoms with E-state index < -0.39 is 0 Å². The first-order chi connectivity index (χ1) is 6.88. The first kappa shape index (κ1) is 12.3. The summed E-state index contributed by atoms with van der Waals surface area (Å²) in [5, 5.41) is 3.58. The molecule has 1 rings (SSSR count). The molecular formula is C11H22ClNO. The molecule has 0 spiro atoms. The Morgan fingerprint density at radius 2 is 2.29 bits per heavy atom. The van der Waals surface area contributed by atoms with E-state index in [0.717, 1.165) is 32.1 Å². The van der Waals surface area contributed by atoms with E-state index >= 15 is 0 Å². The van der Waals surface area contributed by atoms with Gasteiger partial charge in [0.25, 0.3) is 0 Å². The zero-order valence-electron chi connectivity index (χ0n) is 9.10. The SMILES string of the molecule is CCOCCCNC1CCCC1CCl. The Morgan fingerprint density at radius 1 is 1.43 bits per heavy atom. The molecule has 14 heavy (non-hydrogen) atoms. The van der Waals surface area contributed by atoms with Crippen molar-refractivity contribution in [3.8, 4) is 0 Å². The summed E-state index contributed by atoms with van der Waals surface area (Å²) in [6, 6.07) is 0.661. The van der Waals surface area contributed by atoms with Gasteiger partial charge in [-0.25, -0.2) is 0 Å². The molecule has 0 aromatic rings. The maximum absolute atomic E-state index is 5.90. The molecule has 0 aromatic carbocycles. The van der Waals surface area contributed by atoms with Crippen LogP contribution in [0.25, 0.3) is 0 Å². The lowest BCUT2D eigenvalue weighted by molar-refractivity contribution is 0.143. The minimum atomic E-state index is 0.661. The number of ether oxygens (including phenoxy) is 1. The Hall–Kier alpha value is 0.210. The highest BCUT2D eigenvalue weighted by molar-refractivity contribution is 6.18. The molecule has 1 fully saturated rings. The molecule has 84 valence electrons. The summed E-state index contributed by atoms with van der Waals surface area (Å²) in [6.07, 6.45) is 5.04. The summed E-state index contributed by atoms with van der Waals surface area (Å²) in [6.45, 7) is 4.81. The summed E-state index contributed by atoms with van der Waals surface area (Å²) in [5.74, 6) is 1.51. The highest BCUT2D eigenvalue weighted by atomic mass is 35.5. The number of alkyl halides is 1. The largest absolute Gasteiger partial charge is 0.382 e. The fourth-order valence-corrected chi connectivity index (χ4v) is 2.47. The predicted molar refractivity (Wildman–Crippen MR) is 61.0 cm³/mol. The Kier molecular flexibility index (Phi) is 6.57. The fourth-order valence-electron chi connectivity index (χ4n) is 2.10. The van der Waals surface area contributed by atoms with Crippen molar-refractivity contribution in [2.24, 2.45) is 5.92 Å². The van der Waals surface area contributed by atoms with Crippen LogP contribution in [0.4, 0.5) is 0 Å². The van der Waals surface area contributed by atoms with Crippen LogP contribution in [0, 0.1) is 5.92 Å². The summed E-state index contributed by atoms with van der Waals surface area (Å²) in [7, 11) is 0. The smallest absolute Gasteiger partial charge is 0.0477 e. The van der Waals surface area contributed by atoms with Gasteiger partial charge in [-0.3, -0.25) is 0 Å². The van der Waals surface area contributed by atoms with Gasteiger partial charge >= 0.3 is 0 Å². The lowest BCUT2D eigenvalue weighted by Crippen LogP contribution is -2.34. The van der Waals surface area contributed by atoms with Crippen molar-refractivity contribution in [1.29, 1.82) is 0 Å². The van der Waals surface area contributed by atoms with E-state index in [2.05, 4.69) is 5.32 Å². The van der Waals surface area contributed by atoms with Crippen molar-refractivity contribution < 1.29 is 4.74 Å². The van der Waals surface area contributed by atoms with Gasteiger partial charge in [0.2, 0.25) is 0 Å². The minimum absolute atomic E-state index is 0.661. The molecule has 3 heteroatoms. The Labute approximate surface area is 92.3 Å². The molecule has 0 amide bonds. The van der Waals surface area contributed by atoms with Crippen LogP contribution < -0.4 is 5.32 Å². The Morgan fingerprint density at radius 3 is 3.00 bits per heavy atom. The van der Waals surface area contributed by atoms with Gasteiger partial charge in [-0.1, -0.05) is 6.42 Å². The summed E-state index contributed by atoms with van der Waals surface area (Å²) >= 11 is 5.90.